The Kier molecular flexibility index (Phi) is 12.6. The topological polar surface area (TPSA) is 96.1 Å². The van der Waals surface area contributed by atoms with Crippen LogP contribution in [0.5, 0.6) is 11.5 Å². The number of aromatic nitrogens is 4. The number of aliphatic hydroxyl groups is 1. The fourth-order valence-corrected chi connectivity index (χ4v) is 19.7. The maximum Gasteiger partial charge on any atom is 0.319 e. The normalized spacial score (nSPS) is 12.7. The Morgan fingerprint density at radius 1 is 0.419 bits per heavy atom. The first kappa shape index (κ1) is 48.2. The fraction of sp³-hybridized carbons (Fsp3) is 0.138. The van der Waals surface area contributed by atoms with Gasteiger partial charge < -0.3 is 23.9 Å². The van der Waals surface area contributed by atoms with Gasteiger partial charge in [0.05, 0.1) is 29.4 Å². The van der Waals surface area contributed by atoms with Crippen molar-refractivity contribution in [2.24, 2.45) is 0 Å². The summed E-state index contributed by atoms with van der Waals surface area (Å²) in [6.07, 6.45) is 8.31. The zero-order valence-electron chi connectivity index (χ0n) is 42.7. The van der Waals surface area contributed by atoms with Crippen molar-refractivity contribution in [3.63, 3.8) is 0 Å². The van der Waals surface area contributed by atoms with Crippen LogP contribution in [0.2, 0.25) is 10.1 Å². The molecular formula is C65H60N4O3Si2. The molecule has 0 amide bonds. The molecule has 8 bridgehead atoms. The van der Waals surface area contributed by atoms with Gasteiger partial charge in [-0.05, 0) is 120 Å². The summed E-state index contributed by atoms with van der Waals surface area (Å²) in [5.41, 5.74) is 11.5. The van der Waals surface area contributed by atoms with Crippen molar-refractivity contribution < 1.29 is 14.0 Å². The summed E-state index contributed by atoms with van der Waals surface area (Å²) in [7, 11) is -6.32. The van der Waals surface area contributed by atoms with Gasteiger partial charge in [0, 0.05) is 39.3 Å². The number of rotatable bonds is 11. The smallest absolute Gasteiger partial charge is 0.319 e. The van der Waals surface area contributed by atoms with Crippen molar-refractivity contribution in [2.75, 3.05) is 0 Å². The molecular weight excluding hydrogens is 941 g/mol. The molecule has 74 heavy (non-hydrogen) atoms. The van der Waals surface area contributed by atoms with Crippen LogP contribution < -0.4 is 29.6 Å². The number of fused-ring (bicyclic) bond motifs is 8. The Bertz CT molecular complexity index is 3520. The van der Waals surface area contributed by atoms with Crippen LogP contribution in [0, 0.1) is 0 Å². The van der Waals surface area contributed by atoms with E-state index in [0.717, 1.165) is 72.7 Å². The van der Waals surface area contributed by atoms with Crippen molar-refractivity contribution in [2.45, 2.75) is 58.2 Å². The minimum Gasteiger partial charge on any atom is -0.534 e. The fourth-order valence-electron chi connectivity index (χ4n) is 10.9. The minimum atomic E-state index is -3.16. The number of nitrogens with zero attached hydrogens (tertiary/aromatic N) is 2. The quantitative estimate of drug-likeness (QED) is 0.112. The SMILES string of the molecule is CC(C)(C)[Si](Oc1cc(O[Si](c2ccccc2)(c2ccccc2)C(C)(C)C)cc(-c2c3nc(cc4ccc([nH]4)c(-c4ccc(CO)cc4)c4nc(cc5ccc2[nH]5)C=C4)C=C3)c1)(c1ccccc1)c1ccccc1. The van der Waals surface area contributed by atoms with E-state index in [1.165, 1.54) is 20.7 Å². The summed E-state index contributed by atoms with van der Waals surface area (Å²) in [5, 5.41) is 13.9. The van der Waals surface area contributed by atoms with Gasteiger partial charge in [-0.2, -0.15) is 0 Å². The van der Waals surface area contributed by atoms with Crippen molar-refractivity contribution in [3.8, 4) is 33.8 Å². The molecule has 0 saturated carbocycles. The average molecular weight is 1000 g/mol. The molecule has 0 unspecified atom stereocenters. The maximum absolute atomic E-state index is 9.82. The summed E-state index contributed by atoms with van der Waals surface area (Å²) in [4.78, 5) is 18.1. The van der Waals surface area contributed by atoms with E-state index in [-0.39, 0.29) is 16.7 Å². The van der Waals surface area contributed by atoms with E-state index in [2.05, 4.69) is 252 Å². The summed E-state index contributed by atoms with van der Waals surface area (Å²) < 4.78 is 15.9. The van der Waals surface area contributed by atoms with Gasteiger partial charge in [0.1, 0.15) is 11.5 Å². The zero-order chi connectivity index (χ0) is 51.1. The summed E-state index contributed by atoms with van der Waals surface area (Å²) in [6, 6.07) is 70.3. The highest BCUT2D eigenvalue weighted by Gasteiger charge is 2.54. The third-order valence-corrected chi connectivity index (χ3v) is 24.3. The number of aromatic amines is 2. The van der Waals surface area contributed by atoms with Gasteiger partial charge in [0.15, 0.2) is 0 Å². The second kappa shape index (κ2) is 19.4. The number of hydrogen-bond acceptors (Lipinski definition) is 5. The van der Waals surface area contributed by atoms with Gasteiger partial charge in [-0.15, -0.1) is 0 Å². The lowest BCUT2D eigenvalue weighted by Gasteiger charge is -2.44. The highest BCUT2D eigenvalue weighted by atomic mass is 28.4. The largest absolute Gasteiger partial charge is 0.534 e. The van der Waals surface area contributed by atoms with Gasteiger partial charge in [0.2, 0.25) is 0 Å². The molecule has 6 aromatic carbocycles. The first-order chi connectivity index (χ1) is 35.8. The molecule has 0 aliphatic carbocycles. The van der Waals surface area contributed by atoms with Crippen LogP contribution >= 0.6 is 0 Å². The van der Waals surface area contributed by atoms with Crippen LogP contribution in [0.1, 0.15) is 69.9 Å². The third kappa shape index (κ3) is 8.97. The predicted octanol–water partition coefficient (Wildman–Crippen LogP) is 13.4. The lowest BCUT2D eigenvalue weighted by Crippen LogP contribution is -2.69. The number of nitrogens with one attached hydrogen (secondary N) is 2. The third-order valence-electron chi connectivity index (χ3n) is 14.4. The van der Waals surface area contributed by atoms with E-state index in [0.29, 0.717) is 11.5 Å². The van der Waals surface area contributed by atoms with Crippen molar-refractivity contribution in [3.05, 3.63) is 229 Å². The first-order valence-electron chi connectivity index (χ1n) is 25.4. The molecule has 366 valence electrons. The number of aliphatic hydroxyl groups excluding tert-OH is 1. The first-order valence-corrected chi connectivity index (χ1v) is 29.2. The maximum atomic E-state index is 9.82. The Morgan fingerprint density at radius 3 is 1.16 bits per heavy atom. The molecule has 0 spiro atoms. The molecule has 0 saturated heterocycles. The minimum absolute atomic E-state index is 0.0189. The summed E-state index contributed by atoms with van der Waals surface area (Å²) >= 11 is 0. The van der Waals surface area contributed by atoms with Gasteiger partial charge in [-0.25, -0.2) is 9.97 Å². The number of hydrogen-bond donors (Lipinski definition) is 3. The Balaban J connectivity index is 1.19. The van der Waals surface area contributed by atoms with E-state index >= 15 is 0 Å². The van der Waals surface area contributed by atoms with Gasteiger partial charge in [0.25, 0.3) is 0 Å². The number of benzene rings is 6. The predicted molar refractivity (Wildman–Crippen MR) is 312 cm³/mol. The van der Waals surface area contributed by atoms with Crippen LogP contribution in [0.25, 0.3) is 68.6 Å². The highest BCUT2D eigenvalue weighted by molar-refractivity contribution is 7.00. The molecule has 9 aromatic rings. The number of H-pyrrole nitrogens is 2. The van der Waals surface area contributed by atoms with Gasteiger partial charge in [-0.3, -0.25) is 0 Å². The molecule has 11 rings (SSSR count). The van der Waals surface area contributed by atoms with E-state index in [1.54, 1.807) is 0 Å². The molecule has 3 aromatic heterocycles. The molecule has 2 aliphatic rings. The molecule has 5 heterocycles. The van der Waals surface area contributed by atoms with Crippen molar-refractivity contribution in [1.82, 2.24) is 19.9 Å². The second-order valence-electron chi connectivity index (χ2n) is 21.3. The van der Waals surface area contributed by atoms with E-state index < -0.39 is 16.6 Å². The molecule has 7 nitrogen and oxygen atoms in total. The Morgan fingerprint density at radius 2 is 0.797 bits per heavy atom. The highest BCUT2D eigenvalue weighted by Crippen LogP contribution is 2.44. The zero-order valence-corrected chi connectivity index (χ0v) is 44.7. The molecule has 2 aliphatic heterocycles. The molecule has 0 atom stereocenters. The van der Waals surface area contributed by atoms with Crippen molar-refractivity contribution >= 4 is 83.8 Å². The molecule has 0 radical (unpaired) electrons. The lowest BCUT2D eigenvalue weighted by atomic mass is 10.0. The molecule has 9 heteroatoms. The second-order valence-corrected chi connectivity index (χ2v) is 29.7. The van der Waals surface area contributed by atoms with Crippen LogP contribution in [-0.4, -0.2) is 41.7 Å². The standard InChI is InChI=1S/C65H60N4O3Si2/c1-64(2,3)73(54-19-11-7-12-20-54,55-21-13-8-14-22-55)71-52-39-47(40-53(43-52)72-74(65(4,5)6,56-23-15-9-16-24-56)57-25-17-10-18-26-57)63-60-37-33-50(68-60)41-48-31-35-58(66-48)62(46-29-27-45(44-70)28-30-46)59-36-32-49(67-59)42-51-34-38-61(63)69-51/h7-43,66,69-70H,44H2,1-6H3. The molecule has 0 fully saturated rings. The van der Waals surface area contributed by atoms with Crippen LogP contribution in [-0.2, 0) is 6.61 Å². The Labute approximate surface area is 435 Å². The van der Waals surface area contributed by atoms with Crippen molar-refractivity contribution in [1.29, 1.82) is 0 Å². The Hall–Kier alpha value is -8.09. The van der Waals surface area contributed by atoms with Crippen LogP contribution in [0.3, 0.4) is 0 Å². The van der Waals surface area contributed by atoms with Crippen LogP contribution in [0.15, 0.2) is 200 Å². The van der Waals surface area contributed by atoms with E-state index in [1.807, 2.05) is 24.3 Å². The summed E-state index contributed by atoms with van der Waals surface area (Å²) in [5.74, 6) is 1.43. The lowest BCUT2D eigenvalue weighted by molar-refractivity contribution is 0.282. The molecule has 3 N–H and O–H groups in total. The van der Waals surface area contributed by atoms with E-state index in [4.69, 9.17) is 18.8 Å². The average Bonchev–Trinajstić information content (AvgIpc) is 4.27. The van der Waals surface area contributed by atoms with Crippen LogP contribution in [0.4, 0.5) is 0 Å². The van der Waals surface area contributed by atoms with Gasteiger partial charge in [-0.1, -0.05) is 187 Å². The monoisotopic (exact) mass is 1000 g/mol. The summed E-state index contributed by atoms with van der Waals surface area (Å²) in [6.45, 7) is 13.9. The van der Waals surface area contributed by atoms with Gasteiger partial charge >= 0.3 is 16.6 Å². The van der Waals surface area contributed by atoms with E-state index in [9.17, 15) is 5.11 Å².